The number of nitrogens with zero attached hydrogens (tertiary/aromatic N) is 4. The molecule has 0 spiro atoms. The molecule has 4 rings (SSSR count). The minimum absolute atomic E-state index is 0.0635. The molecule has 0 unspecified atom stereocenters. The summed E-state index contributed by atoms with van der Waals surface area (Å²) in [5.41, 5.74) is 1.81. The van der Waals surface area contributed by atoms with Crippen molar-refractivity contribution in [2.75, 3.05) is 31.2 Å². The molecule has 6 nitrogen and oxygen atoms in total. The summed E-state index contributed by atoms with van der Waals surface area (Å²) < 4.78 is 7.30. The third-order valence-corrected chi connectivity index (χ3v) is 4.97. The number of hydrogen-bond acceptors (Lipinski definition) is 5. The van der Waals surface area contributed by atoms with Crippen LogP contribution in [-0.4, -0.2) is 40.8 Å². The van der Waals surface area contributed by atoms with Crippen LogP contribution in [0.5, 0.6) is 0 Å². The number of aromatic nitrogens is 3. The summed E-state index contributed by atoms with van der Waals surface area (Å²) in [6, 6.07) is 2.00. The van der Waals surface area contributed by atoms with E-state index in [-0.39, 0.29) is 11.6 Å². The molecule has 6 heteroatoms. The van der Waals surface area contributed by atoms with Crippen LogP contribution >= 0.6 is 0 Å². The first-order valence-corrected chi connectivity index (χ1v) is 8.45. The fourth-order valence-electron chi connectivity index (χ4n) is 3.69. The van der Waals surface area contributed by atoms with Crippen LogP contribution in [-0.2, 0) is 4.74 Å². The Morgan fingerprint density at radius 2 is 1.96 bits per heavy atom. The largest absolute Gasteiger partial charge is 0.378 e. The van der Waals surface area contributed by atoms with E-state index in [0.717, 1.165) is 42.5 Å². The summed E-state index contributed by atoms with van der Waals surface area (Å²) in [7, 11) is 0. The van der Waals surface area contributed by atoms with E-state index in [9.17, 15) is 4.79 Å². The van der Waals surface area contributed by atoms with Gasteiger partial charge in [-0.3, -0.25) is 9.36 Å². The maximum absolute atomic E-state index is 12.6. The number of aryl methyl sites for hydroxylation is 1. The second kappa shape index (κ2) is 5.92. The quantitative estimate of drug-likeness (QED) is 0.849. The van der Waals surface area contributed by atoms with Gasteiger partial charge in [0.05, 0.1) is 13.2 Å². The third kappa shape index (κ3) is 2.61. The van der Waals surface area contributed by atoms with E-state index in [1.165, 1.54) is 12.8 Å². The monoisotopic (exact) mass is 314 g/mol. The van der Waals surface area contributed by atoms with E-state index in [0.29, 0.717) is 19.2 Å². The normalized spacial score (nSPS) is 19.6. The van der Waals surface area contributed by atoms with Crippen LogP contribution in [0.4, 0.5) is 5.95 Å². The molecule has 0 aromatic carbocycles. The molecule has 0 N–H and O–H groups in total. The van der Waals surface area contributed by atoms with Gasteiger partial charge in [-0.15, -0.1) is 0 Å². The molecule has 1 saturated heterocycles. The van der Waals surface area contributed by atoms with E-state index >= 15 is 0 Å². The molecule has 0 bridgehead atoms. The molecule has 2 aliphatic rings. The molecule has 0 atom stereocenters. The van der Waals surface area contributed by atoms with Gasteiger partial charge in [0.1, 0.15) is 5.65 Å². The Morgan fingerprint density at radius 1 is 1.22 bits per heavy atom. The lowest BCUT2D eigenvalue weighted by Gasteiger charge is -2.27. The van der Waals surface area contributed by atoms with Crippen LogP contribution in [0.2, 0.25) is 0 Å². The number of pyridine rings is 1. The lowest BCUT2D eigenvalue weighted by atomic mass is 10.1. The first-order chi connectivity index (χ1) is 11.2. The fraction of sp³-hybridized carbons (Fsp3) is 0.588. The first-order valence-electron chi connectivity index (χ1n) is 8.45. The van der Waals surface area contributed by atoms with Crippen LogP contribution in [0.3, 0.4) is 0 Å². The van der Waals surface area contributed by atoms with Gasteiger partial charge in [-0.1, -0.05) is 12.8 Å². The van der Waals surface area contributed by atoms with E-state index in [1.807, 2.05) is 17.7 Å². The van der Waals surface area contributed by atoms with E-state index < -0.39 is 0 Å². The zero-order valence-corrected chi connectivity index (χ0v) is 13.5. The molecule has 1 aliphatic carbocycles. The molecule has 3 heterocycles. The smallest absolute Gasteiger partial charge is 0.252 e. The summed E-state index contributed by atoms with van der Waals surface area (Å²) >= 11 is 0. The molecule has 2 fully saturated rings. The van der Waals surface area contributed by atoms with Gasteiger partial charge in [0.15, 0.2) is 0 Å². The molecule has 2 aromatic heterocycles. The maximum Gasteiger partial charge on any atom is 0.252 e. The zero-order valence-electron chi connectivity index (χ0n) is 13.5. The highest BCUT2D eigenvalue weighted by molar-refractivity contribution is 5.79. The molecular weight excluding hydrogens is 292 g/mol. The number of hydrogen-bond donors (Lipinski definition) is 0. The highest BCUT2D eigenvalue weighted by Crippen LogP contribution is 2.31. The minimum atomic E-state index is 0.0635. The first kappa shape index (κ1) is 14.6. The van der Waals surface area contributed by atoms with E-state index in [1.54, 1.807) is 6.07 Å². The van der Waals surface area contributed by atoms with Crippen LogP contribution in [0, 0.1) is 6.92 Å². The van der Waals surface area contributed by atoms with E-state index in [2.05, 4.69) is 9.88 Å². The van der Waals surface area contributed by atoms with Gasteiger partial charge in [0.2, 0.25) is 5.95 Å². The number of fused-ring (bicyclic) bond motifs is 1. The van der Waals surface area contributed by atoms with Crippen molar-refractivity contribution < 1.29 is 4.74 Å². The standard InChI is InChI=1S/C17H22N4O2/c1-12-10-15(22)21(13-4-2-3-5-13)16-14(12)11-18-17(19-16)20-6-8-23-9-7-20/h10-11,13H,2-9H2,1H3. The Hall–Kier alpha value is -1.95. The van der Waals surface area contributed by atoms with Gasteiger partial charge in [-0.05, 0) is 25.3 Å². The molecule has 23 heavy (non-hydrogen) atoms. The Labute approximate surface area is 135 Å². The number of morpholine rings is 1. The molecular formula is C17H22N4O2. The minimum Gasteiger partial charge on any atom is -0.378 e. The Balaban J connectivity index is 1.87. The predicted molar refractivity (Wildman–Crippen MR) is 89.1 cm³/mol. The van der Waals surface area contributed by atoms with Crippen molar-refractivity contribution in [2.45, 2.75) is 38.6 Å². The Morgan fingerprint density at radius 3 is 2.70 bits per heavy atom. The zero-order chi connectivity index (χ0) is 15.8. The van der Waals surface area contributed by atoms with Gasteiger partial charge in [-0.2, -0.15) is 4.98 Å². The molecule has 122 valence electrons. The lowest BCUT2D eigenvalue weighted by molar-refractivity contribution is 0.122. The van der Waals surface area contributed by atoms with Gasteiger partial charge >= 0.3 is 0 Å². The average molecular weight is 314 g/mol. The number of anilines is 1. The van der Waals surface area contributed by atoms with E-state index in [4.69, 9.17) is 9.72 Å². The van der Waals surface area contributed by atoms with Crippen molar-refractivity contribution in [3.63, 3.8) is 0 Å². The van der Waals surface area contributed by atoms with Crippen molar-refractivity contribution in [2.24, 2.45) is 0 Å². The number of ether oxygens (including phenoxy) is 1. The SMILES string of the molecule is Cc1cc(=O)n(C2CCCC2)c2nc(N3CCOCC3)ncc12. The van der Waals surface area contributed by atoms with Crippen molar-refractivity contribution in [3.05, 3.63) is 28.2 Å². The highest BCUT2D eigenvalue weighted by Gasteiger charge is 2.22. The third-order valence-electron chi connectivity index (χ3n) is 4.97. The summed E-state index contributed by atoms with van der Waals surface area (Å²) in [5.74, 6) is 0.706. The van der Waals surface area contributed by atoms with Crippen LogP contribution < -0.4 is 10.5 Å². The Kier molecular flexibility index (Phi) is 3.77. The van der Waals surface area contributed by atoms with Crippen LogP contribution in [0.15, 0.2) is 17.1 Å². The topological polar surface area (TPSA) is 60.2 Å². The summed E-state index contributed by atoms with van der Waals surface area (Å²) in [4.78, 5) is 24.1. The molecule has 1 aliphatic heterocycles. The summed E-state index contributed by atoms with van der Waals surface area (Å²) in [6.45, 7) is 4.95. The molecule has 0 radical (unpaired) electrons. The second-order valence-electron chi connectivity index (χ2n) is 6.48. The van der Waals surface area contributed by atoms with Crippen molar-refractivity contribution in [3.8, 4) is 0 Å². The van der Waals surface area contributed by atoms with Crippen molar-refractivity contribution in [1.29, 1.82) is 0 Å². The maximum atomic E-state index is 12.6. The molecule has 0 amide bonds. The Bertz CT molecular complexity index is 774. The predicted octanol–water partition coefficient (Wildman–Crippen LogP) is 2.05. The highest BCUT2D eigenvalue weighted by atomic mass is 16.5. The molecule has 2 aromatic rings. The summed E-state index contributed by atoms with van der Waals surface area (Å²) in [5, 5.41) is 0.980. The van der Waals surface area contributed by atoms with Crippen LogP contribution in [0.25, 0.3) is 11.0 Å². The fourth-order valence-corrected chi connectivity index (χ4v) is 3.69. The van der Waals surface area contributed by atoms with Gasteiger partial charge in [-0.25, -0.2) is 4.98 Å². The summed E-state index contributed by atoms with van der Waals surface area (Å²) in [6.07, 6.45) is 6.37. The number of rotatable bonds is 2. The van der Waals surface area contributed by atoms with Crippen LogP contribution in [0.1, 0.15) is 37.3 Å². The van der Waals surface area contributed by atoms with Gasteiger partial charge in [0.25, 0.3) is 5.56 Å². The van der Waals surface area contributed by atoms with Crippen molar-refractivity contribution in [1.82, 2.24) is 14.5 Å². The second-order valence-corrected chi connectivity index (χ2v) is 6.48. The van der Waals surface area contributed by atoms with Gasteiger partial charge in [0, 0.05) is 36.8 Å². The van der Waals surface area contributed by atoms with Gasteiger partial charge < -0.3 is 9.64 Å². The lowest BCUT2D eigenvalue weighted by Crippen LogP contribution is -2.37. The van der Waals surface area contributed by atoms with Crippen molar-refractivity contribution >= 4 is 17.0 Å². The average Bonchev–Trinajstić information content (AvgIpc) is 3.09. The molecule has 1 saturated carbocycles.